The Labute approximate surface area is 113 Å². The van der Waals surface area contributed by atoms with Crippen LogP contribution < -0.4 is 5.32 Å². The van der Waals surface area contributed by atoms with Crippen LogP contribution in [0.25, 0.3) is 11.1 Å². The normalized spacial score (nSPS) is 11.2. The van der Waals surface area contributed by atoms with Gasteiger partial charge in [-0.2, -0.15) is 0 Å². The third-order valence-corrected chi connectivity index (χ3v) is 2.97. The van der Waals surface area contributed by atoms with E-state index in [0.717, 1.165) is 29.6 Å². The summed E-state index contributed by atoms with van der Waals surface area (Å²) in [5.41, 5.74) is 2.53. The molecule has 1 aromatic heterocycles. The number of hydrogen-bond acceptors (Lipinski definition) is 3. The van der Waals surface area contributed by atoms with Gasteiger partial charge in [0.25, 0.3) is 0 Å². The Hall–Kier alpha value is -1.84. The number of aryl methyl sites for hydroxylation is 1. The van der Waals surface area contributed by atoms with Crippen LogP contribution in [-0.4, -0.2) is 17.4 Å². The number of fused-ring (bicyclic) bond motifs is 1. The second kappa shape index (κ2) is 5.87. The Morgan fingerprint density at radius 1 is 1.42 bits per heavy atom. The summed E-state index contributed by atoms with van der Waals surface area (Å²) in [5.74, 6) is 1.30. The standard InChI is InChI=1S/C15H20N2O2/c1-10(2)6-7-16-15(18)9-12-4-5-13-14(8-12)19-11(3)17-13/h4-5,8,10H,6-7,9H2,1-3H3,(H,16,18). The van der Waals surface area contributed by atoms with E-state index in [2.05, 4.69) is 24.1 Å². The number of aromatic nitrogens is 1. The number of rotatable bonds is 5. The predicted molar refractivity (Wildman–Crippen MR) is 74.9 cm³/mol. The van der Waals surface area contributed by atoms with Crippen molar-refractivity contribution in [3.05, 3.63) is 29.7 Å². The SMILES string of the molecule is Cc1nc2ccc(CC(=O)NCCC(C)C)cc2o1. The molecule has 0 bridgehead atoms. The highest BCUT2D eigenvalue weighted by atomic mass is 16.3. The van der Waals surface area contributed by atoms with Crippen molar-refractivity contribution in [1.29, 1.82) is 0 Å². The molecule has 4 heteroatoms. The molecule has 1 amide bonds. The summed E-state index contributed by atoms with van der Waals surface area (Å²) >= 11 is 0. The molecule has 0 atom stereocenters. The van der Waals surface area contributed by atoms with Crippen molar-refractivity contribution in [2.75, 3.05) is 6.54 Å². The van der Waals surface area contributed by atoms with Crippen LogP contribution in [0.5, 0.6) is 0 Å². The molecule has 0 unspecified atom stereocenters. The number of amides is 1. The monoisotopic (exact) mass is 260 g/mol. The van der Waals surface area contributed by atoms with E-state index in [1.165, 1.54) is 0 Å². The van der Waals surface area contributed by atoms with E-state index in [1.807, 2.05) is 25.1 Å². The molecule has 2 rings (SSSR count). The fourth-order valence-corrected chi connectivity index (χ4v) is 1.94. The fraction of sp³-hybridized carbons (Fsp3) is 0.467. The lowest BCUT2D eigenvalue weighted by Gasteiger charge is -2.07. The maximum atomic E-state index is 11.8. The lowest BCUT2D eigenvalue weighted by molar-refractivity contribution is -0.120. The molecule has 1 heterocycles. The molecule has 0 aliphatic rings. The molecule has 0 saturated heterocycles. The first kappa shape index (κ1) is 13.6. The highest BCUT2D eigenvalue weighted by Crippen LogP contribution is 2.17. The Morgan fingerprint density at radius 2 is 2.21 bits per heavy atom. The fourth-order valence-electron chi connectivity index (χ4n) is 1.94. The molecule has 0 aliphatic carbocycles. The lowest BCUT2D eigenvalue weighted by atomic mass is 10.1. The predicted octanol–water partition coefficient (Wildman–Crippen LogP) is 2.84. The topological polar surface area (TPSA) is 55.1 Å². The summed E-state index contributed by atoms with van der Waals surface area (Å²) in [6.07, 6.45) is 1.39. The minimum atomic E-state index is 0.0521. The minimum absolute atomic E-state index is 0.0521. The van der Waals surface area contributed by atoms with Crippen LogP contribution >= 0.6 is 0 Å². The van der Waals surface area contributed by atoms with Crippen molar-refractivity contribution in [3.63, 3.8) is 0 Å². The Bertz CT molecular complexity index is 573. The summed E-state index contributed by atoms with van der Waals surface area (Å²) in [7, 11) is 0. The quantitative estimate of drug-likeness (QED) is 0.899. The largest absolute Gasteiger partial charge is 0.441 e. The van der Waals surface area contributed by atoms with Gasteiger partial charge in [-0.05, 0) is 30.0 Å². The molecule has 0 saturated carbocycles. The molecule has 0 radical (unpaired) electrons. The van der Waals surface area contributed by atoms with Crippen LogP contribution in [0.15, 0.2) is 22.6 Å². The summed E-state index contributed by atoms with van der Waals surface area (Å²) < 4.78 is 5.46. The molecule has 102 valence electrons. The number of hydrogen-bond donors (Lipinski definition) is 1. The van der Waals surface area contributed by atoms with Crippen LogP contribution in [0.4, 0.5) is 0 Å². The first-order valence-corrected chi connectivity index (χ1v) is 6.67. The van der Waals surface area contributed by atoms with Gasteiger partial charge >= 0.3 is 0 Å². The molecular weight excluding hydrogens is 240 g/mol. The van der Waals surface area contributed by atoms with Gasteiger partial charge in [0.15, 0.2) is 11.5 Å². The van der Waals surface area contributed by atoms with Gasteiger partial charge in [-0.25, -0.2) is 4.98 Å². The number of carbonyl (C=O) groups excluding carboxylic acids is 1. The third kappa shape index (κ3) is 3.81. The highest BCUT2D eigenvalue weighted by molar-refractivity contribution is 5.80. The zero-order chi connectivity index (χ0) is 13.8. The van der Waals surface area contributed by atoms with Gasteiger partial charge < -0.3 is 9.73 Å². The number of oxazole rings is 1. The van der Waals surface area contributed by atoms with E-state index in [0.29, 0.717) is 18.2 Å². The second-order valence-electron chi connectivity index (χ2n) is 5.24. The first-order chi connectivity index (χ1) is 9.04. The maximum absolute atomic E-state index is 11.8. The van der Waals surface area contributed by atoms with Crippen LogP contribution in [-0.2, 0) is 11.2 Å². The Kier molecular flexibility index (Phi) is 4.20. The van der Waals surface area contributed by atoms with Crippen LogP contribution in [0.3, 0.4) is 0 Å². The van der Waals surface area contributed by atoms with E-state index in [1.54, 1.807) is 0 Å². The Balaban J connectivity index is 1.95. The molecule has 2 aromatic rings. The molecule has 19 heavy (non-hydrogen) atoms. The van der Waals surface area contributed by atoms with E-state index < -0.39 is 0 Å². The van der Waals surface area contributed by atoms with Gasteiger partial charge in [-0.1, -0.05) is 19.9 Å². The molecule has 1 N–H and O–H groups in total. The van der Waals surface area contributed by atoms with Crippen LogP contribution in [0.1, 0.15) is 31.7 Å². The molecular formula is C15H20N2O2. The Morgan fingerprint density at radius 3 is 2.95 bits per heavy atom. The van der Waals surface area contributed by atoms with Crippen LogP contribution in [0.2, 0.25) is 0 Å². The van der Waals surface area contributed by atoms with Gasteiger partial charge in [0, 0.05) is 13.5 Å². The van der Waals surface area contributed by atoms with Crippen molar-refractivity contribution in [3.8, 4) is 0 Å². The summed E-state index contributed by atoms with van der Waals surface area (Å²) in [4.78, 5) is 16.0. The smallest absolute Gasteiger partial charge is 0.224 e. The van der Waals surface area contributed by atoms with E-state index in [4.69, 9.17) is 4.42 Å². The summed E-state index contributed by atoms with van der Waals surface area (Å²) in [6.45, 7) is 6.84. The van der Waals surface area contributed by atoms with Crippen molar-refractivity contribution >= 4 is 17.0 Å². The number of carbonyl (C=O) groups is 1. The summed E-state index contributed by atoms with van der Waals surface area (Å²) in [6, 6.07) is 5.70. The van der Waals surface area contributed by atoms with Crippen molar-refractivity contribution in [1.82, 2.24) is 10.3 Å². The number of nitrogens with one attached hydrogen (secondary N) is 1. The zero-order valence-corrected chi connectivity index (χ0v) is 11.7. The van der Waals surface area contributed by atoms with Gasteiger partial charge in [-0.15, -0.1) is 0 Å². The molecule has 1 aromatic carbocycles. The molecule has 0 spiro atoms. The molecule has 4 nitrogen and oxygen atoms in total. The zero-order valence-electron chi connectivity index (χ0n) is 11.7. The number of benzene rings is 1. The lowest BCUT2D eigenvalue weighted by Crippen LogP contribution is -2.26. The first-order valence-electron chi connectivity index (χ1n) is 6.67. The second-order valence-corrected chi connectivity index (χ2v) is 5.24. The van der Waals surface area contributed by atoms with E-state index in [9.17, 15) is 4.79 Å². The van der Waals surface area contributed by atoms with Gasteiger partial charge in [0.1, 0.15) is 5.52 Å². The molecule has 0 aliphatic heterocycles. The molecule has 0 fully saturated rings. The van der Waals surface area contributed by atoms with Gasteiger partial charge in [-0.3, -0.25) is 4.79 Å². The third-order valence-electron chi connectivity index (χ3n) is 2.97. The minimum Gasteiger partial charge on any atom is -0.441 e. The average Bonchev–Trinajstić information content (AvgIpc) is 2.67. The van der Waals surface area contributed by atoms with Crippen molar-refractivity contribution in [2.24, 2.45) is 5.92 Å². The number of nitrogens with zero attached hydrogens (tertiary/aromatic N) is 1. The van der Waals surface area contributed by atoms with Crippen LogP contribution in [0, 0.1) is 12.8 Å². The highest BCUT2D eigenvalue weighted by Gasteiger charge is 2.07. The van der Waals surface area contributed by atoms with E-state index in [-0.39, 0.29) is 5.91 Å². The van der Waals surface area contributed by atoms with E-state index >= 15 is 0 Å². The van der Waals surface area contributed by atoms with Gasteiger partial charge in [0.2, 0.25) is 5.91 Å². The van der Waals surface area contributed by atoms with Crippen molar-refractivity contribution < 1.29 is 9.21 Å². The maximum Gasteiger partial charge on any atom is 0.224 e. The average molecular weight is 260 g/mol. The van der Waals surface area contributed by atoms with Gasteiger partial charge in [0.05, 0.1) is 6.42 Å². The van der Waals surface area contributed by atoms with Crippen molar-refractivity contribution in [2.45, 2.75) is 33.6 Å². The summed E-state index contributed by atoms with van der Waals surface area (Å²) in [5, 5.41) is 2.93.